The number of para-hydroxylation sites is 3. The van der Waals surface area contributed by atoms with Crippen LogP contribution in [0.2, 0.25) is 0 Å². The first kappa shape index (κ1) is 72.3. The van der Waals surface area contributed by atoms with E-state index in [0.717, 1.165) is 131 Å². The van der Waals surface area contributed by atoms with Gasteiger partial charge in [-0.2, -0.15) is 15.0 Å². The zero-order valence-electron chi connectivity index (χ0n) is 58.6. The van der Waals surface area contributed by atoms with Gasteiger partial charge in [0.25, 0.3) is 0 Å². The summed E-state index contributed by atoms with van der Waals surface area (Å²) in [4.78, 5) is 58.4. The van der Waals surface area contributed by atoms with Crippen molar-refractivity contribution in [2.75, 3.05) is 31.9 Å². The van der Waals surface area contributed by atoms with Gasteiger partial charge in [-0.15, -0.1) is 0 Å². The van der Waals surface area contributed by atoms with Crippen LogP contribution < -0.4 is 53.6 Å². The maximum absolute atomic E-state index is 11.6. The number of urea groups is 2. The molecule has 2 unspecified atom stereocenters. The van der Waals surface area contributed by atoms with Gasteiger partial charge in [-0.3, -0.25) is 0 Å². The Labute approximate surface area is 629 Å². The van der Waals surface area contributed by atoms with Crippen LogP contribution in [0.1, 0.15) is 92.0 Å². The van der Waals surface area contributed by atoms with E-state index in [4.69, 9.17) is 35.6 Å². The molecule has 4 amide bonds. The lowest BCUT2D eigenvalue weighted by atomic mass is 9.91. The molecule has 106 heavy (non-hydrogen) atoms. The summed E-state index contributed by atoms with van der Waals surface area (Å²) in [6, 6.07) is 76.4. The van der Waals surface area contributed by atoms with Crippen molar-refractivity contribution in [3.8, 4) is 0 Å². The first-order chi connectivity index (χ1) is 52.1. The Morgan fingerprint density at radius 3 is 1.12 bits per heavy atom. The van der Waals surface area contributed by atoms with Crippen molar-refractivity contribution in [3.05, 3.63) is 252 Å². The van der Waals surface area contributed by atoms with Crippen LogP contribution in [0.25, 0.3) is 32.7 Å². The molecule has 0 bridgehead atoms. The molecule has 23 heteroatoms. The lowest BCUT2D eigenvalue weighted by molar-refractivity contribution is 0.240. The van der Waals surface area contributed by atoms with Crippen LogP contribution in [-0.2, 0) is 32.8 Å². The van der Waals surface area contributed by atoms with E-state index < -0.39 is 6.03 Å². The van der Waals surface area contributed by atoms with Gasteiger partial charge in [-0.05, 0) is 158 Å². The highest BCUT2D eigenvalue weighted by Crippen LogP contribution is 2.38. The first-order valence-electron chi connectivity index (χ1n) is 36.2. The highest BCUT2D eigenvalue weighted by molar-refractivity contribution is 8.00. The fourth-order valence-corrected chi connectivity index (χ4v) is 17.1. The highest BCUT2D eigenvalue weighted by atomic mass is 32.2. The van der Waals surface area contributed by atoms with Crippen molar-refractivity contribution in [1.29, 1.82) is 0 Å². The number of carbonyl (C=O) groups is 2. The van der Waals surface area contributed by atoms with Crippen LogP contribution >= 0.6 is 35.3 Å². The Kier molecular flexibility index (Phi) is 24.1. The van der Waals surface area contributed by atoms with E-state index in [9.17, 15) is 19.8 Å². The number of fused-ring (bicyclic) bond motifs is 4. The zero-order chi connectivity index (χ0) is 72.4. The smallest absolute Gasteiger partial charge is 0.315 e. The van der Waals surface area contributed by atoms with Gasteiger partial charge in [0.15, 0.2) is 0 Å². The second-order valence-electron chi connectivity index (χ2n) is 26.7. The number of anilines is 6. The van der Waals surface area contributed by atoms with Crippen LogP contribution in [0.15, 0.2) is 254 Å². The molecule has 9 aromatic carbocycles. The molecule has 13 N–H and O–H groups in total. The van der Waals surface area contributed by atoms with Crippen LogP contribution in [0, 0.1) is 0 Å². The van der Waals surface area contributed by atoms with E-state index >= 15 is 0 Å². The number of hydrogen-bond donors (Lipinski definition) is 12. The lowest BCUT2D eigenvalue weighted by Crippen LogP contribution is -2.42. The van der Waals surface area contributed by atoms with Gasteiger partial charge < -0.3 is 63.8 Å². The molecule has 1 aliphatic heterocycles. The van der Waals surface area contributed by atoms with E-state index in [1.54, 1.807) is 35.3 Å². The number of benzene rings is 9. The number of hydrogen-bond acceptors (Lipinski definition) is 19. The van der Waals surface area contributed by atoms with E-state index in [-0.39, 0.29) is 49.5 Å². The second kappa shape index (κ2) is 35.4. The second-order valence-corrected chi connectivity index (χ2v) is 30.0. The topological polar surface area (TPSA) is 286 Å². The van der Waals surface area contributed by atoms with Crippen LogP contribution in [-0.4, -0.2) is 88.4 Å². The first-order valence-corrected chi connectivity index (χ1v) is 38.7. The van der Waals surface area contributed by atoms with Gasteiger partial charge in [-0.1, -0.05) is 194 Å². The number of aromatic nitrogens is 6. The zero-order valence-corrected chi connectivity index (χ0v) is 61.1. The van der Waals surface area contributed by atoms with Crippen molar-refractivity contribution >= 4 is 115 Å². The van der Waals surface area contributed by atoms with Gasteiger partial charge in [-0.25, -0.2) is 24.5 Å². The summed E-state index contributed by atoms with van der Waals surface area (Å²) in [6.07, 6.45) is 10.3. The average molecular weight is 1470 g/mol. The van der Waals surface area contributed by atoms with Crippen LogP contribution in [0.3, 0.4) is 0 Å². The fraction of sp³-hybridized carbons (Fsp3) is 0.253. The van der Waals surface area contributed by atoms with E-state index in [1.807, 2.05) is 133 Å². The van der Waals surface area contributed by atoms with Crippen molar-refractivity contribution in [3.63, 3.8) is 0 Å². The largest absolute Gasteiger partial charge is 0.392 e. The molecule has 0 radical (unpaired) electrons. The predicted octanol–water partition coefficient (Wildman–Crippen LogP) is 16.5. The molecule has 1 saturated heterocycles. The van der Waals surface area contributed by atoms with Gasteiger partial charge >= 0.3 is 12.1 Å². The van der Waals surface area contributed by atoms with E-state index in [1.165, 1.54) is 41.0 Å². The fourth-order valence-electron chi connectivity index (χ4n) is 14.0. The minimum absolute atomic E-state index is 0.00754. The summed E-state index contributed by atoms with van der Waals surface area (Å²) in [6.45, 7) is 1.82. The van der Waals surface area contributed by atoms with Gasteiger partial charge in [0.1, 0.15) is 17.5 Å². The number of aliphatic hydroxyl groups is 2. The number of primary amides is 1. The number of nitrogens with zero attached hydrogens (tertiary/aromatic N) is 6. The number of aliphatic hydroxyl groups excluding tert-OH is 2. The normalized spacial score (nSPS) is 17.4. The maximum atomic E-state index is 11.6. The summed E-state index contributed by atoms with van der Waals surface area (Å²) in [5.74, 6) is 4.32. The average Bonchev–Trinajstić information content (AvgIpc) is 1.47. The Hall–Kier alpha value is -10.7. The van der Waals surface area contributed by atoms with Crippen molar-refractivity contribution < 1.29 is 19.8 Å². The molecule has 0 spiro atoms. The molecule has 2 atom stereocenters. The quantitative estimate of drug-likeness (QED) is 0.0268. The molecule has 16 rings (SSSR count). The van der Waals surface area contributed by atoms with Gasteiger partial charge in [0, 0.05) is 89.3 Å². The molecular formula is C83H86N16O4S3. The molecule has 3 aliphatic carbocycles. The molecule has 3 aromatic heterocycles. The van der Waals surface area contributed by atoms with Crippen molar-refractivity contribution in [2.45, 2.75) is 163 Å². The third kappa shape index (κ3) is 18.9. The molecule has 4 heterocycles. The van der Waals surface area contributed by atoms with Crippen molar-refractivity contribution in [2.24, 2.45) is 5.73 Å². The van der Waals surface area contributed by atoms with E-state index in [2.05, 4.69) is 139 Å². The molecule has 540 valence electrons. The summed E-state index contributed by atoms with van der Waals surface area (Å²) in [7, 11) is 0. The molecule has 3 saturated carbocycles. The third-order valence-corrected chi connectivity index (χ3v) is 23.0. The predicted molar refractivity (Wildman–Crippen MR) is 428 cm³/mol. The van der Waals surface area contributed by atoms with E-state index in [0.29, 0.717) is 43.5 Å². The monoisotopic (exact) mass is 1470 g/mol. The van der Waals surface area contributed by atoms with Crippen molar-refractivity contribution in [1.82, 2.24) is 45.9 Å². The SMILES string of the molecule is NC(=O)NC1CCC(Nc2nc(NCc3ccccc3Sc3ccccc3CO)nc3ccccc23)CC1.O=C1NC2CC(Nc3nc(NCc4ccccc4Sc4ccccc4CO)nc4ccccc34)CC2N1.c1ccc(Sc2ccccc2CNc2nc(NC3CCCC3)c3ccccc3n2)cc1. The molecule has 20 nitrogen and oxygen atoms in total. The number of amides is 4. The molecule has 4 fully saturated rings. The minimum atomic E-state index is -0.462. The highest BCUT2D eigenvalue weighted by Gasteiger charge is 2.41. The Morgan fingerprint density at radius 2 is 0.717 bits per heavy atom. The molecule has 4 aliphatic rings. The third-order valence-electron chi connectivity index (χ3n) is 19.4. The summed E-state index contributed by atoms with van der Waals surface area (Å²) < 4.78 is 0. The lowest BCUT2D eigenvalue weighted by Gasteiger charge is -2.29. The Balaban J connectivity index is 0.000000134. The number of carbonyl (C=O) groups excluding carboxylic acids is 2. The summed E-state index contributed by atoms with van der Waals surface area (Å²) >= 11 is 5.08. The van der Waals surface area contributed by atoms with Crippen LogP contribution in [0.5, 0.6) is 0 Å². The summed E-state index contributed by atoms with van der Waals surface area (Å²) in [5.41, 5.74) is 13.3. The molecule has 12 aromatic rings. The summed E-state index contributed by atoms with van der Waals surface area (Å²) in [5, 5.41) is 52.5. The number of nitrogens with one attached hydrogen (secondary N) is 9. The number of nitrogens with two attached hydrogens (primary N) is 1. The van der Waals surface area contributed by atoms with Gasteiger partial charge in [0.2, 0.25) is 17.8 Å². The Bertz CT molecular complexity index is 4980. The molecular weight excluding hydrogens is 1380 g/mol. The number of rotatable bonds is 24. The Morgan fingerprint density at radius 1 is 0.387 bits per heavy atom. The maximum Gasteiger partial charge on any atom is 0.315 e. The minimum Gasteiger partial charge on any atom is -0.392 e. The van der Waals surface area contributed by atoms with Gasteiger partial charge in [0.05, 0.1) is 41.8 Å². The van der Waals surface area contributed by atoms with Crippen LogP contribution in [0.4, 0.5) is 44.9 Å². The standard InChI is InChI=1S/C29H32N6O2S.C28H28N6O2S.C26H26N4S/c30-28(37)33-22-15-13-21(14-16-22)32-27-23-9-3-4-10-24(23)34-29(35-27)31-17-19-7-1-5-11-25(19)38-26-12-6-2-8-20(26)18-36;35-16-18-8-2-6-12-25(18)37-24-11-5-1-7-17(24)15-29-27-31-21-10-4-3-9-20(21)26(34-27)30-19-13-22-23(14-19)33-28(36)32-22;1-2-13-21(14-3-1)31-24-17-9-4-10-19(24)18-27-26-29-23-16-8-7-15-22(23)25(30-26)28-20-11-5-6-12-20/h1-12,21-22,36H,13-18H2,(H3,30,33,37)(H2,31,32,34,35);1-12,19,22-23,35H,13-16H2,(H2,32,33,36)(H2,29,30,31,34);1-4,7-10,13-17,20H,5-6,11-12,18H2,(H2,27,28,29,30).